The van der Waals surface area contributed by atoms with Crippen molar-refractivity contribution in [2.24, 2.45) is 5.73 Å². The number of amides is 1. The number of rotatable bonds is 4. The molecule has 0 aliphatic carbocycles. The Morgan fingerprint density at radius 2 is 1.68 bits per heavy atom. The Kier molecular flexibility index (Phi) is 3.85. The number of carbonyl (C=O) groups is 1. The zero-order chi connectivity index (χ0) is 13.8. The molecule has 0 fully saturated rings. The topological polar surface area (TPSA) is 55.1 Å². The number of primary amides is 1. The lowest BCUT2D eigenvalue weighted by atomic mass is 10.0. The van der Waals surface area contributed by atoms with Gasteiger partial charge in [-0.05, 0) is 31.0 Å². The van der Waals surface area contributed by atoms with E-state index >= 15 is 0 Å². The molecule has 1 unspecified atom stereocenters. The minimum Gasteiger partial charge on any atom is -0.370 e. The Hall–Kier alpha value is -2.29. The van der Waals surface area contributed by atoms with Crippen molar-refractivity contribution in [1.29, 1.82) is 0 Å². The van der Waals surface area contributed by atoms with Crippen molar-refractivity contribution in [2.75, 3.05) is 5.32 Å². The smallest absolute Gasteiger partial charge is 0.244 e. The number of benzene rings is 2. The Morgan fingerprint density at radius 1 is 1.05 bits per heavy atom. The molecule has 2 aromatic carbocycles. The first-order valence-corrected chi connectivity index (χ1v) is 6.26. The minimum absolute atomic E-state index is 0.382. The van der Waals surface area contributed by atoms with Crippen LogP contribution >= 0.6 is 0 Å². The molecular formula is C16H18N2O. The van der Waals surface area contributed by atoms with Gasteiger partial charge >= 0.3 is 0 Å². The summed E-state index contributed by atoms with van der Waals surface area (Å²) in [6, 6.07) is 15.1. The average molecular weight is 254 g/mol. The van der Waals surface area contributed by atoms with Crippen LogP contribution < -0.4 is 11.1 Å². The van der Waals surface area contributed by atoms with Crippen LogP contribution in [0.5, 0.6) is 0 Å². The minimum atomic E-state index is -0.512. The second-order valence-electron chi connectivity index (χ2n) is 4.71. The zero-order valence-electron chi connectivity index (χ0n) is 11.2. The molecule has 0 aromatic heterocycles. The van der Waals surface area contributed by atoms with Crippen LogP contribution in [0, 0.1) is 13.8 Å². The highest BCUT2D eigenvalue weighted by molar-refractivity contribution is 5.84. The molecule has 19 heavy (non-hydrogen) atoms. The summed E-state index contributed by atoms with van der Waals surface area (Å²) in [5.74, 6) is -0.382. The summed E-state index contributed by atoms with van der Waals surface area (Å²) in [6.07, 6.45) is 0. The van der Waals surface area contributed by atoms with Crippen LogP contribution in [0.4, 0.5) is 5.69 Å². The molecule has 0 bridgehead atoms. The van der Waals surface area contributed by atoms with Crippen molar-refractivity contribution >= 4 is 11.6 Å². The molecule has 1 amide bonds. The first-order valence-electron chi connectivity index (χ1n) is 6.26. The average Bonchev–Trinajstić information content (AvgIpc) is 2.39. The van der Waals surface area contributed by atoms with Gasteiger partial charge < -0.3 is 11.1 Å². The normalized spacial score (nSPS) is 11.9. The van der Waals surface area contributed by atoms with Crippen molar-refractivity contribution in [2.45, 2.75) is 19.9 Å². The fourth-order valence-electron chi connectivity index (χ4n) is 1.97. The molecule has 0 aliphatic rings. The van der Waals surface area contributed by atoms with Gasteiger partial charge in [-0.25, -0.2) is 0 Å². The fraction of sp³-hybridized carbons (Fsp3) is 0.188. The Labute approximate surface area is 113 Å². The van der Waals surface area contributed by atoms with Gasteiger partial charge in [0, 0.05) is 5.69 Å². The van der Waals surface area contributed by atoms with Gasteiger partial charge in [0.1, 0.15) is 6.04 Å². The third-order valence-electron chi connectivity index (χ3n) is 3.14. The van der Waals surface area contributed by atoms with Crippen LogP contribution in [0.1, 0.15) is 22.7 Å². The highest BCUT2D eigenvalue weighted by atomic mass is 16.1. The van der Waals surface area contributed by atoms with E-state index in [0.717, 1.165) is 22.4 Å². The predicted octanol–water partition coefficient (Wildman–Crippen LogP) is 2.94. The molecular weight excluding hydrogens is 236 g/mol. The molecule has 0 saturated carbocycles. The van der Waals surface area contributed by atoms with E-state index in [9.17, 15) is 4.79 Å². The first-order chi connectivity index (χ1) is 9.08. The summed E-state index contributed by atoms with van der Waals surface area (Å²) >= 11 is 0. The Bertz CT molecular complexity index is 576. The number of nitrogens with two attached hydrogens (primary N) is 1. The lowest BCUT2D eigenvalue weighted by Gasteiger charge is -2.18. The lowest BCUT2D eigenvalue weighted by molar-refractivity contribution is -0.118. The van der Waals surface area contributed by atoms with E-state index < -0.39 is 6.04 Å². The van der Waals surface area contributed by atoms with Crippen LogP contribution in [0.15, 0.2) is 48.5 Å². The van der Waals surface area contributed by atoms with Crippen LogP contribution in [0.2, 0.25) is 0 Å². The molecule has 0 heterocycles. The third kappa shape index (κ3) is 3.13. The number of aryl methyl sites for hydroxylation is 2. The van der Waals surface area contributed by atoms with Gasteiger partial charge in [-0.15, -0.1) is 0 Å². The van der Waals surface area contributed by atoms with Gasteiger partial charge in [0.05, 0.1) is 0 Å². The number of hydrogen-bond acceptors (Lipinski definition) is 2. The standard InChI is InChI=1S/C16H18N2O/c1-11-7-9-13(10-8-11)15(16(17)19)18-14-6-4-3-5-12(14)2/h3-10,15,18H,1-2H3,(H2,17,19). The van der Waals surface area contributed by atoms with E-state index in [1.807, 2.05) is 62.4 Å². The largest absolute Gasteiger partial charge is 0.370 e. The van der Waals surface area contributed by atoms with E-state index in [0.29, 0.717) is 0 Å². The molecule has 0 radical (unpaired) electrons. The van der Waals surface area contributed by atoms with Gasteiger partial charge in [-0.2, -0.15) is 0 Å². The van der Waals surface area contributed by atoms with E-state index in [4.69, 9.17) is 5.73 Å². The number of anilines is 1. The first kappa shape index (κ1) is 13.1. The summed E-state index contributed by atoms with van der Waals surface area (Å²) < 4.78 is 0. The van der Waals surface area contributed by atoms with Gasteiger partial charge in [0.15, 0.2) is 0 Å². The molecule has 0 saturated heterocycles. The molecule has 1 atom stereocenters. The van der Waals surface area contributed by atoms with Crippen molar-refractivity contribution in [3.8, 4) is 0 Å². The summed E-state index contributed by atoms with van der Waals surface area (Å²) in [5.41, 5.74) is 9.54. The zero-order valence-corrected chi connectivity index (χ0v) is 11.2. The van der Waals surface area contributed by atoms with Crippen LogP contribution in [-0.4, -0.2) is 5.91 Å². The van der Waals surface area contributed by atoms with Gasteiger partial charge in [-0.1, -0.05) is 48.0 Å². The summed E-state index contributed by atoms with van der Waals surface area (Å²) in [4.78, 5) is 11.7. The van der Waals surface area contributed by atoms with E-state index in [2.05, 4.69) is 5.32 Å². The maximum absolute atomic E-state index is 11.7. The highest BCUT2D eigenvalue weighted by Crippen LogP contribution is 2.22. The number of nitrogens with one attached hydrogen (secondary N) is 1. The number of para-hydroxylation sites is 1. The fourth-order valence-corrected chi connectivity index (χ4v) is 1.97. The van der Waals surface area contributed by atoms with Gasteiger partial charge in [-0.3, -0.25) is 4.79 Å². The molecule has 0 spiro atoms. The van der Waals surface area contributed by atoms with Crippen LogP contribution in [-0.2, 0) is 4.79 Å². The Balaban J connectivity index is 2.29. The van der Waals surface area contributed by atoms with Crippen molar-refractivity contribution in [3.05, 3.63) is 65.2 Å². The van der Waals surface area contributed by atoms with Crippen LogP contribution in [0.25, 0.3) is 0 Å². The lowest BCUT2D eigenvalue weighted by Crippen LogP contribution is -2.27. The summed E-state index contributed by atoms with van der Waals surface area (Å²) in [7, 11) is 0. The maximum Gasteiger partial charge on any atom is 0.244 e. The molecule has 0 aliphatic heterocycles. The second kappa shape index (κ2) is 5.57. The van der Waals surface area contributed by atoms with Crippen molar-refractivity contribution in [3.63, 3.8) is 0 Å². The molecule has 3 N–H and O–H groups in total. The second-order valence-corrected chi connectivity index (χ2v) is 4.71. The SMILES string of the molecule is Cc1ccc(C(Nc2ccccc2C)C(N)=O)cc1. The summed E-state index contributed by atoms with van der Waals surface area (Å²) in [5, 5.41) is 3.21. The van der Waals surface area contributed by atoms with Crippen LogP contribution in [0.3, 0.4) is 0 Å². The van der Waals surface area contributed by atoms with Crippen molar-refractivity contribution < 1.29 is 4.79 Å². The maximum atomic E-state index is 11.7. The predicted molar refractivity (Wildman–Crippen MR) is 77.9 cm³/mol. The Morgan fingerprint density at radius 3 is 2.26 bits per heavy atom. The number of carbonyl (C=O) groups excluding carboxylic acids is 1. The van der Waals surface area contributed by atoms with Crippen molar-refractivity contribution in [1.82, 2.24) is 0 Å². The monoisotopic (exact) mass is 254 g/mol. The third-order valence-corrected chi connectivity index (χ3v) is 3.14. The van der Waals surface area contributed by atoms with E-state index in [1.165, 1.54) is 0 Å². The molecule has 3 nitrogen and oxygen atoms in total. The quantitative estimate of drug-likeness (QED) is 0.881. The molecule has 3 heteroatoms. The molecule has 2 aromatic rings. The van der Waals surface area contributed by atoms with E-state index in [1.54, 1.807) is 0 Å². The number of hydrogen-bond donors (Lipinski definition) is 2. The van der Waals surface area contributed by atoms with E-state index in [-0.39, 0.29) is 5.91 Å². The van der Waals surface area contributed by atoms with Gasteiger partial charge in [0.2, 0.25) is 5.91 Å². The highest BCUT2D eigenvalue weighted by Gasteiger charge is 2.17. The molecule has 98 valence electrons. The summed E-state index contributed by atoms with van der Waals surface area (Å²) in [6.45, 7) is 4.01. The van der Waals surface area contributed by atoms with Gasteiger partial charge in [0.25, 0.3) is 0 Å². The molecule has 2 rings (SSSR count).